The number of hydrogen-bond acceptors (Lipinski definition) is 3. The molecule has 3 rings (SSSR count). The monoisotopic (exact) mass is 437 g/mol. The largest absolute Gasteiger partial charge is 0.320 e. The summed E-state index contributed by atoms with van der Waals surface area (Å²) in [4.78, 5) is 13.0. The maximum Gasteiger partial charge on any atom is 0.235 e. The lowest BCUT2D eigenvalue weighted by Gasteiger charge is -2.19. The predicted molar refractivity (Wildman–Crippen MR) is 133 cm³/mol. The molecule has 158 valence electrons. The van der Waals surface area contributed by atoms with Crippen LogP contribution in [0.1, 0.15) is 45.6 Å². The number of nitrogens with one attached hydrogen (secondary N) is 1. The molecule has 1 fully saturated rings. The van der Waals surface area contributed by atoms with Crippen molar-refractivity contribution in [3.05, 3.63) is 93.3 Å². The zero-order valence-electron chi connectivity index (χ0n) is 18.1. The van der Waals surface area contributed by atoms with Crippen LogP contribution < -0.4 is 5.32 Å². The maximum absolute atomic E-state index is 13.0. The predicted octanol–water partition coefficient (Wildman–Crippen LogP) is 7.10. The Morgan fingerprint density at radius 2 is 1.97 bits per heavy atom. The molecular weight excluding hydrogens is 406 g/mol. The van der Waals surface area contributed by atoms with E-state index in [4.69, 9.17) is 0 Å². The van der Waals surface area contributed by atoms with E-state index in [1.54, 1.807) is 11.8 Å². The Morgan fingerprint density at radius 3 is 2.60 bits per heavy atom. The molecule has 1 aromatic rings. The first-order valence-electron chi connectivity index (χ1n) is 10.5. The molecule has 0 aromatic heterocycles. The molecule has 4 heteroatoms. The lowest BCUT2D eigenvalue weighted by atomic mass is 9.95. The lowest BCUT2D eigenvalue weighted by molar-refractivity contribution is -0.122. The molecule has 30 heavy (non-hydrogen) atoms. The number of benzene rings is 1. The van der Waals surface area contributed by atoms with E-state index >= 15 is 0 Å². The van der Waals surface area contributed by atoms with Crippen LogP contribution in [-0.2, 0) is 10.2 Å². The van der Waals surface area contributed by atoms with Crippen molar-refractivity contribution in [3.8, 4) is 0 Å². The average Bonchev–Trinajstić information content (AvgIpc) is 3.56. The maximum atomic E-state index is 13.0. The van der Waals surface area contributed by atoms with Crippen LogP contribution >= 0.6 is 23.5 Å². The van der Waals surface area contributed by atoms with Crippen molar-refractivity contribution in [2.24, 2.45) is 5.92 Å². The number of amides is 1. The summed E-state index contributed by atoms with van der Waals surface area (Å²) in [7, 11) is 0. The van der Waals surface area contributed by atoms with Gasteiger partial charge in [0.15, 0.2) is 0 Å². The van der Waals surface area contributed by atoms with Crippen LogP contribution in [0.15, 0.2) is 87.7 Å². The Hall–Kier alpha value is -1.91. The van der Waals surface area contributed by atoms with Crippen molar-refractivity contribution in [2.75, 3.05) is 5.75 Å². The van der Waals surface area contributed by atoms with Gasteiger partial charge in [0.25, 0.3) is 0 Å². The van der Waals surface area contributed by atoms with Gasteiger partial charge < -0.3 is 5.32 Å². The van der Waals surface area contributed by atoms with Gasteiger partial charge in [-0.15, -0.1) is 11.8 Å². The summed E-state index contributed by atoms with van der Waals surface area (Å²) in [5.74, 6) is 1.55. The number of rotatable bonds is 9. The second kappa shape index (κ2) is 10.4. The van der Waals surface area contributed by atoms with Crippen LogP contribution in [0.2, 0.25) is 0 Å². The second-order valence-corrected chi connectivity index (χ2v) is 10.5. The summed E-state index contributed by atoms with van der Waals surface area (Å²) in [5.41, 5.74) is 3.37. The van der Waals surface area contributed by atoms with Gasteiger partial charge in [0.05, 0.1) is 10.4 Å². The summed E-state index contributed by atoms with van der Waals surface area (Å²) in [6, 6.07) is 10.2. The minimum atomic E-state index is -0.331. The highest BCUT2D eigenvalue weighted by Crippen LogP contribution is 2.49. The molecule has 1 aliphatic carbocycles. The van der Waals surface area contributed by atoms with Gasteiger partial charge in [0, 0.05) is 9.99 Å². The molecule has 1 aliphatic heterocycles. The number of carbonyl (C=O) groups excluding carboxylic acids is 1. The lowest BCUT2D eigenvalue weighted by Crippen LogP contribution is -2.33. The second-order valence-electron chi connectivity index (χ2n) is 8.16. The van der Waals surface area contributed by atoms with Gasteiger partial charge >= 0.3 is 0 Å². The van der Waals surface area contributed by atoms with Crippen LogP contribution in [0.25, 0.3) is 0 Å². The fourth-order valence-corrected chi connectivity index (χ4v) is 5.43. The third-order valence-electron chi connectivity index (χ3n) is 5.45. The third kappa shape index (κ3) is 5.83. The number of carbonyl (C=O) groups is 1. The molecule has 0 atom stereocenters. The molecule has 1 N–H and O–H groups in total. The molecule has 2 nitrogen and oxygen atoms in total. The van der Waals surface area contributed by atoms with E-state index in [1.807, 2.05) is 36.0 Å². The van der Waals surface area contributed by atoms with Crippen LogP contribution in [-0.4, -0.2) is 11.7 Å². The molecule has 0 unspecified atom stereocenters. The summed E-state index contributed by atoms with van der Waals surface area (Å²) in [6.07, 6.45) is 13.4. The third-order valence-corrected chi connectivity index (χ3v) is 7.96. The summed E-state index contributed by atoms with van der Waals surface area (Å²) < 4.78 is 1.25. The highest BCUT2D eigenvalue weighted by molar-refractivity contribution is 8.24. The molecule has 1 amide bonds. The first-order chi connectivity index (χ1) is 14.4. The first-order valence-corrected chi connectivity index (χ1v) is 12.3. The van der Waals surface area contributed by atoms with Crippen molar-refractivity contribution in [2.45, 2.75) is 45.4 Å². The SMILES string of the molecule is C=C/C(=C\C=C(/C)CSC1=CCC=C(NC(=O)C2(c3ccccc3)CC2)S1)C(C)C. The zero-order chi connectivity index (χ0) is 21.6. The Balaban J connectivity index is 1.52. The van der Waals surface area contributed by atoms with Gasteiger partial charge in [-0.1, -0.05) is 92.4 Å². The minimum absolute atomic E-state index is 0.130. The Morgan fingerprint density at radius 1 is 1.23 bits per heavy atom. The van der Waals surface area contributed by atoms with E-state index in [2.05, 4.69) is 69.1 Å². The molecule has 0 spiro atoms. The normalized spacial score (nSPS) is 18.5. The van der Waals surface area contributed by atoms with E-state index < -0.39 is 0 Å². The Kier molecular flexibility index (Phi) is 7.90. The molecule has 0 bridgehead atoms. The topological polar surface area (TPSA) is 29.1 Å². The Bertz CT molecular complexity index is 902. The molecule has 0 radical (unpaired) electrons. The average molecular weight is 438 g/mol. The minimum Gasteiger partial charge on any atom is -0.320 e. The van der Waals surface area contributed by atoms with E-state index in [0.29, 0.717) is 5.92 Å². The quantitative estimate of drug-likeness (QED) is 0.418. The van der Waals surface area contributed by atoms with Gasteiger partial charge in [0.2, 0.25) is 5.91 Å². The van der Waals surface area contributed by atoms with Gasteiger partial charge in [-0.2, -0.15) is 0 Å². The van der Waals surface area contributed by atoms with Crippen molar-refractivity contribution in [1.29, 1.82) is 0 Å². The summed E-state index contributed by atoms with van der Waals surface area (Å²) >= 11 is 3.50. The van der Waals surface area contributed by atoms with Crippen LogP contribution in [0.3, 0.4) is 0 Å². The fourth-order valence-electron chi connectivity index (χ4n) is 3.35. The van der Waals surface area contributed by atoms with Crippen molar-refractivity contribution >= 4 is 29.4 Å². The van der Waals surface area contributed by atoms with Gasteiger partial charge in [-0.05, 0) is 49.3 Å². The van der Waals surface area contributed by atoms with E-state index in [9.17, 15) is 4.79 Å². The van der Waals surface area contributed by atoms with Gasteiger partial charge in [-0.3, -0.25) is 4.79 Å². The molecule has 2 aliphatic rings. The number of hydrogen-bond donors (Lipinski definition) is 1. The summed E-state index contributed by atoms with van der Waals surface area (Å²) in [5, 5.41) is 4.15. The summed E-state index contributed by atoms with van der Waals surface area (Å²) in [6.45, 7) is 10.4. The van der Waals surface area contributed by atoms with Crippen LogP contribution in [0.5, 0.6) is 0 Å². The number of thioether (sulfide) groups is 2. The molecule has 1 aromatic carbocycles. The fraction of sp³-hybridized carbons (Fsp3) is 0.346. The first kappa shape index (κ1) is 22.8. The van der Waals surface area contributed by atoms with E-state index in [-0.39, 0.29) is 11.3 Å². The van der Waals surface area contributed by atoms with Gasteiger partial charge in [0.1, 0.15) is 0 Å². The zero-order valence-corrected chi connectivity index (χ0v) is 19.7. The van der Waals surface area contributed by atoms with Crippen molar-refractivity contribution in [1.82, 2.24) is 5.32 Å². The van der Waals surface area contributed by atoms with E-state index in [0.717, 1.165) is 35.6 Å². The molecule has 1 saturated carbocycles. The highest BCUT2D eigenvalue weighted by atomic mass is 32.2. The van der Waals surface area contributed by atoms with E-state index in [1.165, 1.54) is 15.4 Å². The van der Waals surface area contributed by atoms with Crippen LogP contribution in [0.4, 0.5) is 0 Å². The smallest absolute Gasteiger partial charge is 0.235 e. The highest BCUT2D eigenvalue weighted by Gasteiger charge is 2.51. The Labute approximate surface area is 189 Å². The van der Waals surface area contributed by atoms with Gasteiger partial charge in [-0.25, -0.2) is 0 Å². The standard InChI is InChI=1S/C26H31NOS2/c1-5-21(19(2)3)15-14-20(4)18-29-24-13-9-12-23(30-24)27-25(28)26(16-17-26)22-10-7-6-8-11-22/h5-8,10-15,19H,1,9,16-18H2,2-4H3,(H,27,28)/b20-14+,21-15+. The van der Waals surface area contributed by atoms with Crippen molar-refractivity contribution < 1.29 is 4.79 Å². The van der Waals surface area contributed by atoms with Crippen LogP contribution in [0, 0.1) is 5.92 Å². The van der Waals surface area contributed by atoms with Crippen molar-refractivity contribution in [3.63, 3.8) is 0 Å². The number of allylic oxidation sites excluding steroid dienone is 6. The molecule has 0 saturated heterocycles. The molecule has 1 heterocycles. The molecular formula is C26H31NOS2.